The predicted molar refractivity (Wildman–Crippen MR) is 108 cm³/mol. The Morgan fingerprint density at radius 1 is 1.15 bits per heavy atom. The Morgan fingerprint density at radius 2 is 1.96 bits per heavy atom. The Bertz CT molecular complexity index is 1050. The zero-order valence-corrected chi connectivity index (χ0v) is 16.7. The highest BCUT2D eigenvalue weighted by atomic mass is 32.2. The van der Waals surface area contributed by atoms with E-state index in [-0.39, 0.29) is 10.8 Å². The molecule has 0 bridgehead atoms. The molecule has 4 rings (SSSR count). The minimum Gasteiger partial charge on any atom is -0.321 e. The summed E-state index contributed by atoms with van der Waals surface area (Å²) in [5.74, 6) is -0.358. The lowest BCUT2D eigenvalue weighted by atomic mass is 10.3. The molecule has 0 unspecified atom stereocenters. The smallest absolute Gasteiger partial charge is 0.275 e. The van der Waals surface area contributed by atoms with E-state index in [2.05, 4.69) is 10.3 Å². The van der Waals surface area contributed by atoms with Gasteiger partial charge in [-0.2, -0.15) is 15.6 Å². The number of sulfonamides is 1. The van der Waals surface area contributed by atoms with E-state index in [1.807, 2.05) is 16.8 Å². The van der Waals surface area contributed by atoms with Crippen LogP contribution in [0.2, 0.25) is 0 Å². The largest absolute Gasteiger partial charge is 0.321 e. The molecule has 3 heterocycles. The third kappa shape index (κ3) is 3.81. The maximum atomic E-state index is 12.7. The number of hydrogen-bond acceptors (Lipinski definition) is 6. The van der Waals surface area contributed by atoms with E-state index in [4.69, 9.17) is 0 Å². The fourth-order valence-electron chi connectivity index (χ4n) is 2.90. The van der Waals surface area contributed by atoms with Gasteiger partial charge in [0.05, 0.1) is 4.90 Å². The molecule has 0 aliphatic carbocycles. The van der Waals surface area contributed by atoms with E-state index in [9.17, 15) is 13.2 Å². The SMILES string of the molecule is O=C(Nc1cccc(S(=O)(=O)N2CCCC2)c1)c1csc(-c2ccsc2)n1. The zero-order valence-electron chi connectivity index (χ0n) is 14.3. The van der Waals surface area contributed by atoms with Crippen LogP contribution < -0.4 is 5.32 Å². The van der Waals surface area contributed by atoms with Gasteiger partial charge in [0.2, 0.25) is 10.0 Å². The van der Waals surface area contributed by atoms with Crippen molar-refractivity contribution < 1.29 is 13.2 Å². The summed E-state index contributed by atoms with van der Waals surface area (Å²) in [7, 11) is -3.52. The normalized spacial score (nSPS) is 15.1. The monoisotopic (exact) mass is 419 g/mol. The van der Waals surface area contributed by atoms with Crippen LogP contribution >= 0.6 is 22.7 Å². The van der Waals surface area contributed by atoms with Crippen molar-refractivity contribution in [2.24, 2.45) is 0 Å². The third-order valence-corrected chi connectivity index (χ3v) is 7.77. The molecule has 27 heavy (non-hydrogen) atoms. The van der Waals surface area contributed by atoms with Gasteiger partial charge in [-0.3, -0.25) is 4.79 Å². The number of carbonyl (C=O) groups excluding carboxylic acids is 1. The number of hydrogen-bond donors (Lipinski definition) is 1. The number of thiazole rings is 1. The van der Waals surface area contributed by atoms with Crippen molar-refractivity contribution in [1.29, 1.82) is 0 Å². The van der Waals surface area contributed by atoms with Gasteiger partial charge in [-0.25, -0.2) is 13.4 Å². The summed E-state index contributed by atoms with van der Waals surface area (Å²) in [4.78, 5) is 17.1. The van der Waals surface area contributed by atoms with Crippen LogP contribution in [0, 0.1) is 0 Å². The van der Waals surface area contributed by atoms with Crippen molar-refractivity contribution in [2.75, 3.05) is 18.4 Å². The van der Waals surface area contributed by atoms with Gasteiger partial charge >= 0.3 is 0 Å². The molecule has 1 saturated heterocycles. The molecular weight excluding hydrogens is 402 g/mol. The Balaban J connectivity index is 1.52. The van der Waals surface area contributed by atoms with Crippen LogP contribution in [0.4, 0.5) is 5.69 Å². The van der Waals surface area contributed by atoms with Crippen LogP contribution in [-0.4, -0.2) is 36.7 Å². The van der Waals surface area contributed by atoms with Crippen LogP contribution in [0.1, 0.15) is 23.3 Å². The Hall–Kier alpha value is -2.07. The predicted octanol–water partition coefficient (Wildman–Crippen LogP) is 3.91. The molecule has 0 radical (unpaired) electrons. The van der Waals surface area contributed by atoms with Crippen LogP contribution in [-0.2, 0) is 10.0 Å². The maximum Gasteiger partial charge on any atom is 0.275 e. The van der Waals surface area contributed by atoms with Gasteiger partial charge in [-0.1, -0.05) is 6.07 Å². The molecular formula is C18H17N3O3S3. The molecule has 140 valence electrons. The molecule has 1 amide bonds. The van der Waals surface area contributed by atoms with E-state index < -0.39 is 10.0 Å². The average Bonchev–Trinajstić information content (AvgIpc) is 3.44. The molecule has 1 aliphatic rings. The number of rotatable bonds is 5. The summed E-state index contributed by atoms with van der Waals surface area (Å²) < 4.78 is 26.8. The van der Waals surface area contributed by atoms with Crippen molar-refractivity contribution in [3.8, 4) is 10.6 Å². The second kappa shape index (κ2) is 7.51. The lowest BCUT2D eigenvalue weighted by Gasteiger charge is -2.16. The van der Waals surface area contributed by atoms with Gasteiger partial charge in [-0.05, 0) is 42.5 Å². The molecule has 1 N–H and O–H groups in total. The minimum atomic E-state index is -3.52. The van der Waals surface area contributed by atoms with Crippen LogP contribution in [0.15, 0.2) is 51.4 Å². The molecule has 2 aromatic heterocycles. The maximum absolute atomic E-state index is 12.7. The van der Waals surface area contributed by atoms with E-state index in [1.54, 1.807) is 34.9 Å². The highest BCUT2D eigenvalue weighted by Crippen LogP contribution is 2.27. The van der Waals surface area contributed by atoms with Crippen LogP contribution in [0.5, 0.6) is 0 Å². The van der Waals surface area contributed by atoms with Crippen molar-refractivity contribution in [2.45, 2.75) is 17.7 Å². The van der Waals surface area contributed by atoms with Gasteiger partial charge in [0, 0.05) is 35.1 Å². The first-order valence-corrected chi connectivity index (χ1v) is 11.7. The van der Waals surface area contributed by atoms with E-state index >= 15 is 0 Å². The summed E-state index contributed by atoms with van der Waals surface area (Å²) in [5.41, 5.74) is 1.74. The van der Waals surface area contributed by atoms with Gasteiger partial charge < -0.3 is 5.32 Å². The van der Waals surface area contributed by atoms with Crippen molar-refractivity contribution in [3.05, 3.63) is 52.2 Å². The van der Waals surface area contributed by atoms with E-state index in [0.717, 1.165) is 23.4 Å². The third-order valence-electron chi connectivity index (χ3n) is 4.30. The lowest BCUT2D eigenvalue weighted by molar-refractivity contribution is 0.102. The van der Waals surface area contributed by atoms with Gasteiger partial charge in [-0.15, -0.1) is 11.3 Å². The number of benzene rings is 1. The van der Waals surface area contributed by atoms with Crippen LogP contribution in [0.25, 0.3) is 10.6 Å². The highest BCUT2D eigenvalue weighted by Gasteiger charge is 2.27. The zero-order chi connectivity index (χ0) is 18.9. The summed E-state index contributed by atoms with van der Waals surface area (Å²) in [6.45, 7) is 1.09. The fourth-order valence-corrected chi connectivity index (χ4v) is 5.98. The second-order valence-corrected chi connectivity index (χ2v) is 9.72. The summed E-state index contributed by atoms with van der Waals surface area (Å²) in [6, 6.07) is 8.32. The molecule has 3 aromatic rings. The highest BCUT2D eigenvalue weighted by molar-refractivity contribution is 7.89. The summed E-state index contributed by atoms with van der Waals surface area (Å²) in [5, 5.41) is 9.17. The minimum absolute atomic E-state index is 0.194. The van der Waals surface area contributed by atoms with Crippen molar-refractivity contribution in [3.63, 3.8) is 0 Å². The Labute approximate surface area is 165 Å². The summed E-state index contributed by atoms with van der Waals surface area (Å²) in [6.07, 6.45) is 1.76. The molecule has 9 heteroatoms. The lowest BCUT2D eigenvalue weighted by Crippen LogP contribution is -2.27. The number of nitrogens with zero attached hydrogens (tertiary/aromatic N) is 2. The van der Waals surface area contributed by atoms with Crippen molar-refractivity contribution in [1.82, 2.24) is 9.29 Å². The number of anilines is 1. The number of amides is 1. The second-order valence-electron chi connectivity index (χ2n) is 6.14. The van der Waals surface area contributed by atoms with Gasteiger partial charge in [0.15, 0.2) is 0 Å². The Kier molecular flexibility index (Phi) is 5.09. The molecule has 1 aromatic carbocycles. The molecule has 0 spiro atoms. The Morgan fingerprint density at radius 3 is 2.70 bits per heavy atom. The van der Waals surface area contributed by atoms with Gasteiger partial charge in [0.25, 0.3) is 5.91 Å². The van der Waals surface area contributed by atoms with Crippen molar-refractivity contribution >= 4 is 44.3 Å². The molecule has 6 nitrogen and oxygen atoms in total. The first kappa shape index (κ1) is 18.3. The first-order chi connectivity index (χ1) is 13.0. The quantitative estimate of drug-likeness (QED) is 0.680. The molecule has 1 aliphatic heterocycles. The number of aromatic nitrogens is 1. The summed E-state index contributed by atoms with van der Waals surface area (Å²) >= 11 is 2.98. The molecule has 0 atom stereocenters. The first-order valence-electron chi connectivity index (χ1n) is 8.44. The number of thiophene rings is 1. The molecule has 0 saturated carbocycles. The number of carbonyl (C=O) groups is 1. The van der Waals surface area contributed by atoms with E-state index in [0.29, 0.717) is 24.5 Å². The number of nitrogens with one attached hydrogen (secondary N) is 1. The standard InChI is InChI=1S/C18H17N3O3S3/c22-17(16-12-26-18(20-16)13-6-9-25-11-13)19-14-4-3-5-15(10-14)27(23,24)21-7-1-2-8-21/h3-6,9-12H,1-2,7-8H2,(H,19,22). The topological polar surface area (TPSA) is 79.4 Å². The van der Waals surface area contributed by atoms with Gasteiger partial charge in [0.1, 0.15) is 10.7 Å². The van der Waals surface area contributed by atoms with E-state index in [1.165, 1.54) is 21.7 Å². The average molecular weight is 420 g/mol. The molecule has 1 fully saturated rings. The fraction of sp³-hybridized carbons (Fsp3) is 0.222. The van der Waals surface area contributed by atoms with Crippen LogP contribution in [0.3, 0.4) is 0 Å².